The van der Waals surface area contributed by atoms with Crippen LogP contribution >= 0.6 is 0 Å². The second kappa shape index (κ2) is 4.53. The number of benzene rings is 1. The van der Waals surface area contributed by atoms with Crippen LogP contribution in [-0.2, 0) is 11.2 Å². The summed E-state index contributed by atoms with van der Waals surface area (Å²) < 4.78 is 0. The van der Waals surface area contributed by atoms with Crippen molar-refractivity contribution in [1.29, 1.82) is 0 Å². The number of fused-ring (bicyclic) bond motifs is 1. The molecule has 2 atom stereocenters. The lowest BCUT2D eigenvalue weighted by Crippen LogP contribution is -2.41. The predicted octanol–water partition coefficient (Wildman–Crippen LogP) is 0.520. The Bertz CT molecular complexity index is 365. The zero-order valence-electron chi connectivity index (χ0n) is 9.23. The van der Waals surface area contributed by atoms with Crippen molar-refractivity contribution in [3.05, 3.63) is 29.8 Å². The smallest absolute Gasteiger partial charge is 0.242 e. The van der Waals surface area contributed by atoms with Crippen LogP contribution in [0.15, 0.2) is 24.3 Å². The van der Waals surface area contributed by atoms with Crippen LogP contribution in [-0.4, -0.2) is 29.7 Å². The fourth-order valence-corrected chi connectivity index (χ4v) is 1.83. The van der Waals surface area contributed by atoms with E-state index in [1.54, 1.807) is 6.92 Å². The molecule has 0 radical (unpaired) electrons. The molecule has 1 aromatic carbocycles. The standard InChI is InChI=1S/C12H16N2O2/c1-8(15)7-13-12(16)11-6-9-4-2-3-5-10(9)14-11/h2-5,8,11,14-15H,6-7H2,1H3,(H,13,16)/t8-,11?/m1/s1. The molecule has 0 aliphatic carbocycles. The van der Waals surface area contributed by atoms with E-state index in [0.717, 1.165) is 5.69 Å². The molecule has 1 aliphatic rings. The van der Waals surface area contributed by atoms with Crippen LogP contribution in [0, 0.1) is 0 Å². The molecule has 1 aromatic rings. The first-order chi connectivity index (χ1) is 7.66. The van der Waals surface area contributed by atoms with Gasteiger partial charge in [-0.1, -0.05) is 18.2 Å². The highest BCUT2D eigenvalue weighted by molar-refractivity contribution is 5.87. The number of para-hydroxylation sites is 1. The topological polar surface area (TPSA) is 61.4 Å². The molecular formula is C12H16N2O2. The summed E-state index contributed by atoms with van der Waals surface area (Å²) in [6.45, 7) is 1.95. The Morgan fingerprint density at radius 1 is 1.62 bits per heavy atom. The molecule has 3 N–H and O–H groups in total. The molecule has 0 spiro atoms. The monoisotopic (exact) mass is 220 g/mol. The summed E-state index contributed by atoms with van der Waals surface area (Å²) in [4.78, 5) is 11.7. The second-order valence-electron chi connectivity index (χ2n) is 4.15. The number of aliphatic hydroxyl groups excluding tert-OH is 1. The number of hydrogen-bond acceptors (Lipinski definition) is 3. The van der Waals surface area contributed by atoms with Crippen molar-refractivity contribution in [3.63, 3.8) is 0 Å². The molecule has 0 bridgehead atoms. The van der Waals surface area contributed by atoms with Crippen LogP contribution < -0.4 is 10.6 Å². The Morgan fingerprint density at radius 3 is 3.06 bits per heavy atom. The van der Waals surface area contributed by atoms with E-state index in [1.165, 1.54) is 5.56 Å². The molecule has 2 rings (SSSR count). The summed E-state index contributed by atoms with van der Waals surface area (Å²) in [5.74, 6) is -0.0582. The van der Waals surface area contributed by atoms with Gasteiger partial charge in [0.1, 0.15) is 6.04 Å². The molecule has 86 valence electrons. The van der Waals surface area contributed by atoms with E-state index < -0.39 is 6.10 Å². The maximum atomic E-state index is 11.7. The Morgan fingerprint density at radius 2 is 2.38 bits per heavy atom. The zero-order valence-corrected chi connectivity index (χ0v) is 9.23. The van der Waals surface area contributed by atoms with Gasteiger partial charge in [-0.05, 0) is 18.6 Å². The molecule has 1 aliphatic heterocycles. The largest absolute Gasteiger partial charge is 0.392 e. The van der Waals surface area contributed by atoms with E-state index >= 15 is 0 Å². The molecule has 4 heteroatoms. The Hall–Kier alpha value is -1.55. The summed E-state index contributed by atoms with van der Waals surface area (Å²) >= 11 is 0. The average molecular weight is 220 g/mol. The number of carbonyl (C=O) groups excluding carboxylic acids is 1. The Labute approximate surface area is 94.7 Å². The summed E-state index contributed by atoms with van der Waals surface area (Å²) in [7, 11) is 0. The Balaban J connectivity index is 1.93. The van der Waals surface area contributed by atoms with E-state index in [1.807, 2.05) is 24.3 Å². The SMILES string of the molecule is C[C@@H](O)CNC(=O)C1Cc2ccccc2N1. The molecule has 0 fully saturated rings. The molecule has 0 aromatic heterocycles. The van der Waals surface area contributed by atoms with Gasteiger partial charge in [-0.25, -0.2) is 0 Å². The molecule has 1 heterocycles. The van der Waals surface area contributed by atoms with Gasteiger partial charge in [-0.15, -0.1) is 0 Å². The number of anilines is 1. The zero-order chi connectivity index (χ0) is 11.5. The van der Waals surface area contributed by atoms with Gasteiger partial charge in [0.2, 0.25) is 5.91 Å². The van der Waals surface area contributed by atoms with Gasteiger partial charge in [0, 0.05) is 18.7 Å². The highest BCUT2D eigenvalue weighted by Gasteiger charge is 2.25. The number of amides is 1. The minimum atomic E-state index is -0.507. The number of nitrogens with one attached hydrogen (secondary N) is 2. The van der Waals surface area contributed by atoms with E-state index in [9.17, 15) is 4.79 Å². The van der Waals surface area contributed by atoms with Crippen LogP contribution in [0.4, 0.5) is 5.69 Å². The third-order valence-electron chi connectivity index (χ3n) is 2.66. The van der Waals surface area contributed by atoms with Gasteiger partial charge < -0.3 is 15.7 Å². The van der Waals surface area contributed by atoms with E-state index in [4.69, 9.17) is 5.11 Å². The summed E-state index contributed by atoms with van der Waals surface area (Å²) in [5, 5.41) is 15.0. The maximum Gasteiger partial charge on any atom is 0.242 e. The van der Waals surface area contributed by atoms with Gasteiger partial charge in [-0.2, -0.15) is 0 Å². The fraction of sp³-hybridized carbons (Fsp3) is 0.417. The second-order valence-corrected chi connectivity index (χ2v) is 4.15. The number of hydrogen-bond donors (Lipinski definition) is 3. The lowest BCUT2D eigenvalue weighted by atomic mass is 10.1. The molecule has 1 amide bonds. The van der Waals surface area contributed by atoms with Crippen LogP contribution in [0.3, 0.4) is 0 Å². The molecule has 0 saturated heterocycles. The van der Waals surface area contributed by atoms with Crippen LogP contribution in [0.2, 0.25) is 0 Å². The first-order valence-corrected chi connectivity index (χ1v) is 5.47. The molecule has 4 nitrogen and oxygen atoms in total. The Kier molecular flexibility index (Phi) is 3.10. The minimum absolute atomic E-state index is 0.0582. The van der Waals surface area contributed by atoms with Gasteiger partial charge in [0.25, 0.3) is 0 Å². The van der Waals surface area contributed by atoms with E-state index in [0.29, 0.717) is 13.0 Å². The highest BCUT2D eigenvalue weighted by atomic mass is 16.3. The van der Waals surface area contributed by atoms with Crippen molar-refractivity contribution in [2.45, 2.75) is 25.5 Å². The quantitative estimate of drug-likeness (QED) is 0.696. The van der Waals surface area contributed by atoms with Gasteiger partial charge >= 0.3 is 0 Å². The third kappa shape index (κ3) is 2.33. The van der Waals surface area contributed by atoms with Crippen molar-refractivity contribution in [2.24, 2.45) is 0 Å². The summed E-state index contributed by atoms with van der Waals surface area (Å²) in [5.41, 5.74) is 2.19. The van der Waals surface area contributed by atoms with Crippen molar-refractivity contribution in [1.82, 2.24) is 5.32 Å². The van der Waals surface area contributed by atoms with Crippen LogP contribution in [0.1, 0.15) is 12.5 Å². The van der Waals surface area contributed by atoms with Crippen molar-refractivity contribution >= 4 is 11.6 Å². The number of carbonyl (C=O) groups is 1. The van der Waals surface area contributed by atoms with Crippen LogP contribution in [0.25, 0.3) is 0 Å². The summed E-state index contributed by atoms with van der Waals surface area (Å²) in [6, 6.07) is 7.69. The maximum absolute atomic E-state index is 11.7. The highest BCUT2D eigenvalue weighted by Crippen LogP contribution is 2.24. The average Bonchev–Trinajstić information content (AvgIpc) is 2.69. The molecular weight excluding hydrogens is 204 g/mol. The van der Waals surface area contributed by atoms with Crippen molar-refractivity contribution < 1.29 is 9.90 Å². The van der Waals surface area contributed by atoms with Gasteiger partial charge in [-0.3, -0.25) is 4.79 Å². The molecule has 1 unspecified atom stereocenters. The van der Waals surface area contributed by atoms with E-state index in [2.05, 4.69) is 10.6 Å². The van der Waals surface area contributed by atoms with Crippen LogP contribution in [0.5, 0.6) is 0 Å². The normalized spacial score (nSPS) is 19.8. The predicted molar refractivity (Wildman–Crippen MR) is 62.2 cm³/mol. The third-order valence-corrected chi connectivity index (χ3v) is 2.66. The lowest BCUT2D eigenvalue weighted by Gasteiger charge is -2.12. The fourth-order valence-electron chi connectivity index (χ4n) is 1.83. The number of aliphatic hydroxyl groups is 1. The first-order valence-electron chi connectivity index (χ1n) is 5.47. The first kappa shape index (κ1) is 11.0. The van der Waals surface area contributed by atoms with Crippen molar-refractivity contribution in [2.75, 3.05) is 11.9 Å². The van der Waals surface area contributed by atoms with E-state index in [-0.39, 0.29) is 11.9 Å². The van der Waals surface area contributed by atoms with Gasteiger partial charge in [0.15, 0.2) is 0 Å². The lowest BCUT2D eigenvalue weighted by molar-refractivity contribution is -0.122. The number of rotatable bonds is 3. The summed E-state index contributed by atoms with van der Waals surface area (Å²) in [6.07, 6.45) is 0.203. The molecule has 16 heavy (non-hydrogen) atoms. The van der Waals surface area contributed by atoms with Crippen molar-refractivity contribution in [3.8, 4) is 0 Å². The minimum Gasteiger partial charge on any atom is -0.392 e. The molecule has 0 saturated carbocycles. The van der Waals surface area contributed by atoms with Gasteiger partial charge in [0.05, 0.1) is 6.10 Å².